The SMILES string of the molecule is C[N+]1(C)Nc2nc(C(=O)[O-])cc(=O)n2CC1=O. The molecule has 2 heterocycles. The number of aromatic nitrogens is 2. The number of carbonyl (C=O) groups excluding carboxylic acids is 2. The minimum atomic E-state index is -1.53. The lowest BCUT2D eigenvalue weighted by Gasteiger charge is -2.32. The Morgan fingerprint density at radius 2 is 2.18 bits per heavy atom. The Kier molecular flexibility index (Phi) is 2.25. The molecule has 0 unspecified atom stereocenters. The molecule has 1 N–H and O–H groups in total. The van der Waals surface area contributed by atoms with Crippen molar-refractivity contribution in [3.8, 4) is 0 Å². The van der Waals surface area contributed by atoms with Gasteiger partial charge < -0.3 is 9.90 Å². The van der Waals surface area contributed by atoms with Gasteiger partial charge in [-0.3, -0.25) is 9.36 Å². The number of nitrogens with zero attached hydrogens (tertiary/aromatic N) is 3. The number of nitrogens with one attached hydrogen (secondary N) is 1. The van der Waals surface area contributed by atoms with Gasteiger partial charge in [-0.25, -0.2) is 9.78 Å². The van der Waals surface area contributed by atoms with E-state index in [9.17, 15) is 19.5 Å². The molecule has 0 radical (unpaired) electrons. The summed E-state index contributed by atoms with van der Waals surface area (Å²) in [6.07, 6.45) is 0. The van der Waals surface area contributed by atoms with Crippen molar-refractivity contribution >= 4 is 17.8 Å². The van der Waals surface area contributed by atoms with Gasteiger partial charge in [-0.15, -0.1) is 0 Å². The van der Waals surface area contributed by atoms with Crippen molar-refractivity contribution in [3.63, 3.8) is 0 Å². The predicted molar refractivity (Wildman–Crippen MR) is 53.6 cm³/mol. The quantitative estimate of drug-likeness (QED) is 0.545. The van der Waals surface area contributed by atoms with Crippen LogP contribution in [-0.2, 0) is 11.3 Å². The number of likely N-dealkylation sites (N-methyl/N-ethyl adjacent to an activating group) is 1. The number of quaternary nitrogens is 1. The minimum Gasteiger partial charge on any atom is -0.543 e. The van der Waals surface area contributed by atoms with E-state index in [1.54, 1.807) is 14.1 Å². The number of rotatable bonds is 1. The Labute approximate surface area is 95.7 Å². The van der Waals surface area contributed by atoms with Crippen molar-refractivity contribution in [3.05, 3.63) is 22.1 Å². The second kappa shape index (κ2) is 3.39. The van der Waals surface area contributed by atoms with Crippen molar-refractivity contribution in [2.75, 3.05) is 19.5 Å². The zero-order valence-corrected chi connectivity index (χ0v) is 9.26. The van der Waals surface area contributed by atoms with Gasteiger partial charge in [-0.05, 0) is 0 Å². The van der Waals surface area contributed by atoms with Gasteiger partial charge in [0.1, 0.15) is 6.54 Å². The van der Waals surface area contributed by atoms with Crippen LogP contribution in [0, 0.1) is 0 Å². The summed E-state index contributed by atoms with van der Waals surface area (Å²) in [7, 11) is 3.15. The van der Waals surface area contributed by atoms with E-state index in [2.05, 4.69) is 10.4 Å². The lowest BCUT2D eigenvalue weighted by molar-refractivity contribution is -0.793. The molecule has 0 spiro atoms. The molecule has 0 aromatic carbocycles. The van der Waals surface area contributed by atoms with Gasteiger partial charge in [0.05, 0.1) is 25.8 Å². The summed E-state index contributed by atoms with van der Waals surface area (Å²) < 4.78 is 0.876. The summed E-state index contributed by atoms with van der Waals surface area (Å²) in [5.74, 6) is -1.72. The van der Waals surface area contributed by atoms with Crippen molar-refractivity contribution in [1.29, 1.82) is 0 Å². The fraction of sp³-hybridized carbons (Fsp3) is 0.333. The molecule has 0 fully saturated rings. The van der Waals surface area contributed by atoms with Crippen molar-refractivity contribution < 1.29 is 19.3 Å². The van der Waals surface area contributed by atoms with Crippen LogP contribution in [0.1, 0.15) is 10.5 Å². The number of carboxylic acid groups (broad SMARTS) is 1. The number of carbonyl (C=O) groups is 2. The molecule has 8 nitrogen and oxygen atoms in total. The van der Waals surface area contributed by atoms with Crippen molar-refractivity contribution in [1.82, 2.24) is 9.55 Å². The Balaban J connectivity index is 2.60. The average Bonchev–Trinajstić information content (AvgIpc) is 2.20. The Morgan fingerprint density at radius 1 is 1.53 bits per heavy atom. The number of anilines is 1. The molecule has 17 heavy (non-hydrogen) atoms. The third-order valence-corrected chi connectivity index (χ3v) is 2.51. The molecule has 1 aliphatic heterocycles. The number of amides is 1. The van der Waals surface area contributed by atoms with Gasteiger partial charge in [0, 0.05) is 6.07 Å². The van der Waals surface area contributed by atoms with Gasteiger partial charge in [0.25, 0.3) is 11.5 Å². The van der Waals surface area contributed by atoms with Crippen LogP contribution in [-0.4, -0.2) is 40.1 Å². The smallest absolute Gasteiger partial charge is 0.357 e. The zero-order chi connectivity index (χ0) is 12.8. The van der Waals surface area contributed by atoms with Gasteiger partial charge in [-0.2, -0.15) is 10.0 Å². The first kappa shape index (κ1) is 11.3. The van der Waals surface area contributed by atoms with E-state index in [1.807, 2.05) is 0 Å². The lowest BCUT2D eigenvalue weighted by atomic mass is 10.4. The molecule has 8 heteroatoms. The second-order valence-electron chi connectivity index (χ2n) is 4.14. The van der Waals surface area contributed by atoms with E-state index in [0.29, 0.717) is 0 Å². The van der Waals surface area contributed by atoms with Gasteiger partial charge in [0.15, 0.2) is 0 Å². The van der Waals surface area contributed by atoms with Crippen LogP contribution in [0.3, 0.4) is 0 Å². The van der Waals surface area contributed by atoms with Crippen LogP contribution in [0.4, 0.5) is 5.95 Å². The zero-order valence-electron chi connectivity index (χ0n) is 9.26. The maximum atomic E-state index is 11.6. The Bertz CT molecular complexity index is 575. The van der Waals surface area contributed by atoms with Crippen molar-refractivity contribution in [2.45, 2.75) is 6.54 Å². The standard InChI is InChI=1S/C9H10N4O4/c1-13(2)7(15)4-12-6(14)3-5(8(16)17)10-9(12)11-13/h3H,4H2,1-2H3,(H-,10,11,14,16,17). The molecule has 0 saturated carbocycles. The van der Waals surface area contributed by atoms with Crippen molar-refractivity contribution in [2.24, 2.45) is 0 Å². The molecule has 90 valence electrons. The topological polar surface area (TPSA) is 104 Å². The lowest BCUT2D eigenvalue weighted by Crippen LogP contribution is -2.57. The molecular formula is C9H10N4O4. The van der Waals surface area contributed by atoms with E-state index in [-0.39, 0.29) is 23.0 Å². The molecule has 2 rings (SSSR count). The normalized spacial score (nSPS) is 17.2. The second-order valence-corrected chi connectivity index (χ2v) is 4.14. The van der Waals surface area contributed by atoms with E-state index in [4.69, 9.17) is 0 Å². The number of aromatic carboxylic acids is 1. The largest absolute Gasteiger partial charge is 0.543 e. The summed E-state index contributed by atoms with van der Waals surface area (Å²) in [4.78, 5) is 37.6. The van der Waals surface area contributed by atoms with Crippen LogP contribution in [0.2, 0.25) is 0 Å². The molecule has 0 atom stereocenters. The molecular weight excluding hydrogens is 228 g/mol. The third kappa shape index (κ3) is 1.78. The molecule has 0 saturated heterocycles. The van der Waals surface area contributed by atoms with E-state index >= 15 is 0 Å². The maximum Gasteiger partial charge on any atom is 0.357 e. The summed E-state index contributed by atoms with van der Waals surface area (Å²) in [6, 6.07) is 0.832. The summed E-state index contributed by atoms with van der Waals surface area (Å²) >= 11 is 0. The summed E-state index contributed by atoms with van der Waals surface area (Å²) in [5.41, 5.74) is 1.61. The van der Waals surface area contributed by atoms with Crippen LogP contribution >= 0.6 is 0 Å². The van der Waals surface area contributed by atoms with E-state index in [1.165, 1.54) is 0 Å². The first-order valence-corrected chi connectivity index (χ1v) is 4.80. The third-order valence-electron chi connectivity index (χ3n) is 2.51. The monoisotopic (exact) mass is 238 g/mol. The fourth-order valence-corrected chi connectivity index (χ4v) is 1.47. The number of hydrogen-bond acceptors (Lipinski definition) is 6. The Hall–Kier alpha value is -2.22. The minimum absolute atomic E-state index is 0.0429. The van der Waals surface area contributed by atoms with Crippen LogP contribution in [0.25, 0.3) is 0 Å². The number of fused-ring (bicyclic) bond motifs is 1. The Morgan fingerprint density at radius 3 is 2.76 bits per heavy atom. The maximum absolute atomic E-state index is 11.6. The molecule has 1 amide bonds. The van der Waals surface area contributed by atoms with E-state index in [0.717, 1.165) is 10.6 Å². The van der Waals surface area contributed by atoms with Gasteiger partial charge in [-0.1, -0.05) is 0 Å². The molecule has 1 aromatic heterocycles. The predicted octanol–water partition coefficient (Wildman–Crippen LogP) is -2.45. The first-order chi connectivity index (χ1) is 7.81. The average molecular weight is 238 g/mol. The number of carboxylic acids is 1. The van der Waals surface area contributed by atoms with Crippen LogP contribution in [0.5, 0.6) is 0 Å². The van der Waals surface area contributed by atoms with Gasteiger partial charge >= 0.3 is 5.91 Å². The molecule has 1 aliphatic rings. The first-order valence-electron chi connectivity index (χ1n) is 4.80. The van der Waals surface area contributed by atoms with Gasteiger partial charge in [0.2, 0.25) is 0 Å². The van der Waals surface area contributed by atoms with Crippen LogP contribution < -0.4 is 16.1 Å². The van der Waals surface area contributed by atoms with Crippen LogP contribution in [0.15, 0.2) is 10.9 Å². The summed E-state index contributed by atoms with van der Waals surface area (Å²) in [6.45, 7) is -0.144. The highest BCUT2D eigenvalue weighted by atomic mass is 16.4. The molecule has 1 aromatic rings. The number of hydrogen-bond donors (Lipinski definition) is 1. The highest BCUT2D eigenvalue weighted by Crippen LogP contribution is 2.14. The highest BCUT2D eigenvalue weighted by molar-refractivity contribution is 5.83. The fourth-order valence-electron chi connectivity index (χ4n) is 1.47. The molecule has 0 aliphatic carbocycles. The molecule has 0 bridgehead atoms. The highest BCUT2D eigenvalue weighted by Gasteiger charge is 2.35. The van der Waals surface area contributed by atoms with E-state index < -0.39 is 17.2 Å². The summed E-state index contributed by atoms with van der Waals surface area (Å²) in [5, 5.41) is 10.6.